The van der Waals surface area contributed by atoms with Gasteiger partial charge in [0.05, 0.1) is 13.2 Å². The first-order chi connectivity index (χ1) is 11.7. The summed E-state index contributed by atoms with van der Waals surface area (Å²) in [5, 5.41) is 5.23. The molecule has 2 atom stereocenters. The first kappa shape index (κ1) is 17.7. The third-order valence-corrected chi connectivity index (χ3v) is 6.10. The molecule has 6 heteroatoms. The van der Waals surface area contributed by atoms with Crippen LogP contribution in [0.5, 0.6) is 0 Å². The lowest BCUT2D eigenvalue weighted by atomic mass is 10.1. The van der Waals surface area contributed by atoms with E-state index in [9.17, 15) is 4.79 Å². The number of unbranched alkanes of at least 4 members (excludes halogenated alkanes) is 1. The van der Waals surface area contributed by atoms with E-state index < -0.39 is 0 Å². The molecule has 5 nitrogen and oxygen atoms in total. The van der Waals surface area contributed by atoms with Crippen LogP contribution < -0.4 is 5.32 Å². The number of thiophene rings is 1. The molecular weight excluding hydrogens is 322 g/mol. The van der Waals surface area contributed by atoms with Gasteiger partial charge in [0.25, 0.3) is 0 Å². The van der Waals surface area contributed by atoms with Gasteiger partial charge in [-0.2, -0.15) is 0 Å². The molecule has 134 valence electrons. The fourth-order valence-electron chi connectivity index (χ4n) is 3.63. The molecule has 0 radical (unpaired) electrons. The summed E-state index contributed by atoms with van der Waals surface area (Å²) in [6.45, 7) is 8.69. The summed E-state index contributed by atoms with van der Waals surface area (Å²) in [4.78, 5) is 18.3. The van der Waals surface area contributed by atoms with Gasteiger partial charge in [-0.05, 0) is 44.2 Å². The van der Waals surface area contributed by atoms with Crippen LogP contribution >= 0.6 is 11.3 Å². The molecule has 3 heterocycles. The van der Waals surface area contributed by atoms with E-state index in [-0.39, 0.29) is 6.03 Å². The quantitative estimate of drug-likeness (QED) is 0.802. The zero-order valence-electron chi connectivity index (χ0n) is 14.6. The van der Waals surface area contributed by atoms with Gasteiger partial charge < -0.3 is 15.0 Å². The normalized spacial score (nSPS) is 25.1. The molecule has 0 aliphatic carbocycles. The van der Waals surface area contributed by atoms with Gasteiger partial charge in [-0.1, -0.05) is 6.07 Å². The second kappa shape index (κ2) is 8.83. The van der Waals surface area contributed by atoms with E-state index in [1.54, 1.807) is 11.3 Å². The third-order valence-electron chi connectivity index (χ3n) is 5.06. The fourth-order valence-corrected chi connectivity index (χ4v) is 4.46. The lowest BCUT2D eigenvalue weighted by Crippen LogP contribution is -2.42. The Bertz CT molecular complexity index is 502. The van der Waals surface area contributed by atoms with Crippen molar-refractivity contribution in [2.75, 3.05) is 45.9 Å². The van der Waals surface area contributed by atoms with E-state index >= 15 is 0 Å². The highest BCUT2D eigenvalue weighted by Crippen LogP contribution is 2.33. The largest absolute Gasteiger partial charge is 0.379 e. The molecule has 2 aliphatic heterocycles. The van der Waals surface area contributed by atoms with Crippen molar-refractivity contribution in [3.63, 3.8) is 0 Å². The lowest BCUT2D eigenvalue weighted by Gasteiger charge is -2.26. The van der Waals surface area contributed by atoms with Crippen LogP contribution in [-0.2, 0) is 4.74 Å². The average molecular weight is 352 g/mol. The number of rotatable bonds is 6. The van der Waals surface area contributed by atoms with Crippen molar-refractivity contribution >= 4 is 17.4 Å². The number of amides is 2. The number of hydrogen-bond acceptors (Lipinski definition) is 4. The van der Waals surface area contributed by atoms with Gasteiger partial charge in [0.1, 0.15) is 0 Å². The number of nitrogens with one attached hydrogen (secondary N) is 1. The molecule has 0 aromatic carbocycles. The molecule has 2 fully saturated rings. The number of nitrogens with zero attached hydrogens (tertiary/aromatic N) is 2. The molecule has 0 bridgehead atoms. The molecule has 2 unspecified atom stereocenters. The predicted octanol–water partition coefficient (Wildman–Crippen LogP) is 2.75. The van der Waals surface area contributed by atoms with Gasteiger partial charge in [0.2, 0.25) is 0 Å². The predicted molar refractivity (Wildman–Crippen MR) is 97.7 cm³/mol. The highest BCUT2D eigenvalue weighted by Gasteiger charge is 2.33. The molecule has 1 aromatic rings. The molecule has 2 saturated heterocycles. The molecule has 1 N–H and O–H groups in total. The monoisotopic (exact) mass is 351 g/mol. The van der Waals surface area contributed by atoms with E-state index in [0.717, 1.165) is 65.2 Å². The smallest absolute Gasteiger partial charge is 0.317 e. The van der Waals surface area contributed by atoms with Gasteiger partial charge in [-0.3, -0.25) is 4.90 Å². The molecule has 24 heavy (non-hydrogen) atoms. The van der Waals surface area contributed by atoms with Crippen molar-refractivity contribution in [1.82, 2.24) is 15.1 Å². The zero-order valence-corrected chi connectivity index (χ0v) is 15.4. The van der Waals surface area contributed by atoms with Crippen LogP contribution in [0.1, 0.15) is 37.0 Å². The number of likely N-dealkylation sites (tertiary alicyclic amines) is 1. The van der Waals surface area contributed by atoms with Gasteiger partial charge >= 0.3 is 6.03 Å². The molecule has 0 saturated carbocycles. The number of hydrogen-bond donors (Lipinski definition) is 1. The molecule has 1 aromatic heterocycles. The van der Waals surface area contributed by atoms with Crippen LogP contribution in [0.25, 0.3) is 0 Å². The summed E-state index contributed by atoms with van der Waals surface area (Å²) in [6, 6.07) is 4.72. The van der Waals surface area contributed by atoms with Crippen LogP contribution in [-0.4, -0.2) is 67.8 Å². The van der Waals surface area contributed by atoms with Crippen molar-refractivity contribution in [3.8, 4) is 0 Å². The first-order valence-electron chi connectivity index (χ1n) is 9.12. The Labute approximate surface area is 149 Å². The summed E-state index contributed by atoms with van der Waals surface area (Å²) >= 11 is 1.80. The Morgan fingerprint density at radius 1 is 1.38 bits per heavy atom. The first-order valence-corrected chi connectivity index (χ1v) is 10.00. The van der Waals surface area contributed by atoms with Crippen LogP contribution in [0.4, 0.5) is 4.79 Å². The number of morpholine rings is 1. The minimum absolute atomic E-state index is 0.105. The maximum Gasteiger partial charge on any atom is 0.317 e. The summed E-state index contributed by atoms with van der Waals surface area (Å²) in [7, 11) is 0. The number of urea groups is 1. The second-order valence-electron chi connectivity index (χ2n) is 6.84. The highest BCUT2D eigenvalue weighted by atomic mass is 32.1. The van der Waals surface area contributed by atoms with Crippen LogP contribution in [0, 0.1) is 0 Å². The topological polar surface area (TPSA) is 44.8 Å². The Morgan fingerprint density at radius 2 is 2.21 bits per heavy atom. The van der Waals surface area contributed by atoms with E-state index in [1.165, 1.54) is 4.88 Å². The third kappa shape index (κ3) is 4.71. The van der Waals surface area contributed by atoms with Crippen LogP contribution in [0.15, 0.2) is 17.5 Å². The van der Waals surface area contributed by atoms with E-state index in [0.29, 0.717) is 12.0 Å². The van der Waals surface area contributed by atoms with Gasteiger partial charge in [-0.25, -0.2) is 4.79 Å². The Morgan fingerprint density at radius 3 is 2.96 bits per heavy atom. The summed E-state index contributed by atoms with van der Waals surface area (Å²) < 4.78 is 5.36. The maximum absolute atomic E-state index is 12.4. The average Bonchev–Trinajstić information content (AvgIpc) is 3.24. The Balaban J connectivity index is 1.33. The number of carbonyl (C=O) groups excluding carboxylic acids is 1. The van der Waals surface area contributed by atoms with E-state index in [2.05, 4.69) is 34.7 Å². The molecule has 0 spiro atoms. The Hall–Kier alpha value is -1.11. The number of ether oxygens (including phenoxy) is 1. The highest BCUT2D eigenvalue weighted by molar-refractivity contribution is 7.10. The van der Waals surface area contributed by atoms with Crippen molar-refractivity contribution in [3.05, 3.63) is 22.4 Å². The van der Waals surface area contributed by atoms with Gasteiger partial charge in [0.15, 0.2) is 0 Å². The Kier molecular flexibility index (Phi) is 6.51. The van der Waals surface area contributed by atoms with E-state index in [4.69, 9.17) is 4.74 Å². The van der Waals surface area contributed by atoms with Crippen LogP contribution in [0.2, 0.25) is 0 Å². The fraction of sp³-hybridized carbons (Fsp3) is 0.722. The molecule has 2 aliphatic rings. The SMILES string of the molecule is CC1CC(c2cccs2)CN1C(=O)NCCCCN1CCOCC1. The molecule has 2 amide bonds. The van der Waals surface area contributed by atoms with Gasteiger partial charge in [-0.15, -0.1) is 11.3 Å². The number of carbonyl (C=O) groups is 1. The summed E-state index contributed by atoms with van der Waals surface area (Å²) in [5.41, 5.74) is 0. The van der Waals surface area contributed by atoms with E-state index in [1.807, 2.05) is 4.90 Å². The second-order valence-corrected chi connectivity index (χ2v) is 7.82. The standard InChI is InChI=1S/C18H29N3O2S/c1-15-13-16(17-5-4-12-24-17)14-21(15)18(22)19-6-2-3-7-20-8-10-23-11-9-20/h4-5,12,15-16H,2-3,6-11,13-14H2,1H3,(H,19,22). The molecule has 3 rings (SSSR count). The van der Waals surface area contributed by atoms with Crippen LogP contribution in [0.3, 0.4) is 0 Å². The van der Waals surface area contributed by atoms with Crippen molar-refractivity contribution in [1.29, 1.82) is 0 Å². The zero-order chi connectivity index (χ0) is 16.8. The summed E-state index contributed by atoms with van der Waals surface area (Å²) in [5.74, 6) is 0.507. The summed E-state index contributed by atoms with van der Waals surface area (Å²) in [6.07, 6.45) is 3.25. The van der Waals surface area contributed by atoms with Crippen molar-refractivity contribution in [2.24, 2.45) is 0 Å². The minimum atomic E-state index is 0.105. The minimum Gasteiger partial charge on any atom is -0.379 e. The van der Waals surface area contributed by atoms with Gasteiger partial charge in [0, 0.05) is 43.0 Å². The van der Waals surface area contributed by atoms with Crippen molar-refractivity contribution in [2.45, 2.75) is 38.1 Å². The maximum atomic E-state index is 12.4. The lowest BCUT2D eigenvalue weighted by molar-refractivity contribution is 0.0372. The van der Waals surface area contributed by atoms with Crippen molar-refractivity contribution < 1.29 is 9.53 Å². The molecular formula is C18H29N3O2S.